The van der Waals surface area contributed by atoms with Crippen molar-refractivity contribution in [2.45, 2.75) is 13.0 Å². The third kappa shape index (κ3) is 5.13. The van der Waals surface area contributed by atoms with Crippen LogP contribution in [0, 0.1) is 11.3 Å². The molecule has 0 spiro atoms. The van der Waals surface area contributed by atoms with Gasteiger partial charge in [0.25, 0.3) is 11.5 Å². The van der Waals surface area contributed by atoms with E-state index < -0.39 is 5.56 Å². The summed E-state index contributed by atoms with van der Waals surface area (Å²) in [5.74, 6) is -0.575. The maximum atomic E-state index is 11.9. The van der Waals surface area contributed by atoms with Crippen LogP contribution < -0.4 is 10.9 Å². The van der Waals surface area contributed by atoms with Crippen LogP contribution in [0.25, 0.3) is 21.3 Å². The number of hydrogen-bond acceptors (Lipinski definition) is 8. The molecule has 10 nitrogen and oxygen atoms in total. The van der Waals surface area contributed by atoms with Gasteiger partial charge in [0.1, 0.15) is 16.6 Å². The summed E-state index contributed by atoms with van der Waals surface area (Å²) in [6.45, 7) is 1.12. The number of rotatable bonds is 9. The fourth-order valence-electron chi connectivity index (χ4n) is 3.30. The molecule has 1 amide bonds. The number of amides is 1. The molecule has 3 aromatic heterocycles. The highest BCUT2D eigenvalue weighted by Crippen LogP contribution is 2.38. The summed E-state index contributed by atoms with van der Waals surface area (Å²) in [6.07, 6.45) is 7.57. The minimum Gasteiger partial charge on any atom is -0.506 e. The van der Waals surface area contributed by atoms with E-state index in [2.05, 4.69) is 20.4 Å². The molecular formula is C23H20N6O4S. The van der Waals surface area contributed by atoms with Gasteiger partial charge in [-0.15, -0.1) is 11.3 Å². The Morgan fingerprint density at radius 1 is 1.38 bits per heavy atom. The first-order chi connectivity index (χ1) is 16.6. The van der Waals surface area contributed by atoms with E-state index in [-0.39, 0.29) is 23.8 Å². The number of thiophene rings is 1. The number of nitriles is 1. The lowest BCUT2D eigenvalue weighted by Crippen LogP contribution is -2.28. The number of aromatic nitrogens is 3. The molecule has 0 radical (unpaired) electrons. The van der Waals surface area contributed by atoms with Crippen molar-refractivity contribution in [2.75, 3.05) is 13.2 Å². The zero-order valence-corrected chi connectivity index (χ0v) is 18.7. The van der Waals surface area contributed by atoms with E-state index in [0.29, 0.717) is 22.3 Å². The van der Waals surface area contributed by atoms with E-state index in [1.165, 1.54) is 17.6 Å². The van der Waals surface area contributed by atoms with E-state index in [4.69, 9.17) is 10.1 Å². The monoisotopic (exact) mass is 476 g/mol. The number of pyridine rings is 1. The van der Waals surface area contributed by atoms with Crippen LogP contribution in [0.3, 0.4) is 0 Å². The number of aryl methyl sites for hydroxylation is 1. The van der Waals surface area contributed by atoms with Crippen molar-refractivity contribution < 1.29 is 14.7 Å². The Morgan fingerprint density at radius 2 is 2.21 bits per heavy atom. The molecule has 0 saturated carbocycles. The van der Waals surface area contributed by atoms with Crippen LogP contribution in [0.1, 0.15) is 17.5 Å². The molecule has 0 bridgehead atoms. The van der Waals surface area contributed by atoms with Crippen LogP contribution in [0.5, 0.6) is 5.75 Å². The van der Waals surface area contributed by atoms with Crippen molar-refractivity contribution in [3.8, 4) is 22.9 Å². The highest BCUT2D eigenvalue weighted by atomic mass is 32.1. The Bertz CT molecular complexity index is 1410. The lowest BCUT2D eigenvalue weighted by atomic mass is 10.0. The number of benzene rings is 1. The van der Waals surface area contributed by atoms with E-state index in [1.807, 2.05) is 28.3 Å². The molecule has 34 heavy (non-hydrogen) atoms. The van der Waals surface area contributed by atoms with Crippen LogP contribution in [0.2, 0.25) is 0 Å². The summed E-state index contributed by atoms with van der Waals surface area (Å²) < 4.78 is 1.94. The minimum atomic E-state index is -0.615. The van der Waals surface area contributed by atoms with Crippen molar-refractivity contribution in [3.05, 3.63) is 69.8 Å². The molecule has 172 valence electrons. The normalized spacial score (nSPS) is 11.0. The molecule has 0 aliphatic rings. The molecule has 0 unspecified atom stereocenters. The largest absolute Gasteiger partial charge is 0.506 e. The predicted octanol–water partition coefficient (Wildman–Crippen LogP) is 2.59. The number of carbonyl (C=O) groups is 1. The highest BCUT2D eigenvalue weighted by molar-refractivity contribution is 7.17. The standard InChI is InChI=1S/C23H20N6O4S/c24-10-17-21(31)20-18(13-34-23(20)28-22(17)32)16-4-2-15(3-5-16)11-27-33-12-19(30)26-6-1-8-29-9-7-25-14-29/h2-5,7,9,11,13-14H,1,6,8,12H2,(H,26,30)(H2,28,31,32). The van der Waals surface area contributed by atoms with E-state index in [9.17, 15) is 14.7 Å². The maximum Gasteiger partial charge on any atom is 0.270 e. The number of carbonyl (C=O) groups excluding carboxylic acids is 1. The summed E-state index contributed by atoms with van der Waals surface area (Å²) in [7, 11) is 0. The second-order valence-electron chi connectivity index (χ2n) is 7.28. The molecule has 4 rings (SSSR count). The number of aromatic hydroxyl groups is 1. The van der Waals surface area contributed by atoms with Gasteiger partial charge in [0.05, 0.1) is 17.9 Å². The van der Waals surface area contributed by atoms with Crippen molar-refractivity contribution >= 4 is 33.7 Å². The van der Waals surface area contributed by atoms with Gasteiger partial charge in [-0.25, -0.2) is 4.98 Å². The molecule has 0 atom stereocenters. The summed E-state index contributed by atoms with van der Waals surface area (Å²) in [6, 6.07) is 8.99. The molecule has 0 fully saturated rings. The number of nitrogens with one attached hydrogen (secondary N) is 2. The Kier molecular flexibility index (Phi) is 7.00. The van der Waals surface area contributed by atoms with Gasteiger partial charge in [-0.1, -0.05) is 29.4 Å². The number of hydrogen-bond donors (Lipinski definition) is 3. The lowest BCUT2D eigenvalue weighted by molar-refractivity contribution is -0.125. The summed E-state index contributed by atoms with van der Waals surface area (Å²) in [4.78, 5) is 35.8. The van der Waals surface area contributed by atoms with Gasteiger partial charge in [-0.2, -0.15) is 5.26 Å². The fourth-order valence-corrected chi connectivity index (χ4v) is 4.27. The van der Waals surface area contributed by atoms with E-state index in [1.54, 1.807) is 30.7 Å². The number of H-pyrrole nitrogens is 1. The number of fused-ring (bicyclic) bond motifs is 1. The van der Waals surface area contributed by atoms with Crippen molar-refractivity contribution in [1.29, 1.82) is 5.26 Å². The Morgan fingerprint density at radius 3 is 2.94 bits per heavy atom. The molecular weight excluding hydrogens is 456 g/mol. The first kappa shape index (κ1) is 22.8. The number of oxime groups is 1. The van der Waals surface area contributed by atoms with E-state index in [0.717, 1.165) is 24.1 Å². The molecule has 11 heteroatoms. The number of imidazole rings is 1. The van der Waals surface area contributed by atoms with Gasteiger partial charge in [0, 0.05) is 36.4 Å². The lowest BCUT2D eigenvalue weighted by Gasteiger charge is -2.05. The molecule has 4 aromatic rings. The Labute approximate surface area is 197 Å². The van der Waals surface area contributed by atoms with Crippen LogP contribution in [-0.2, 0) is 16.2 Å². The average molecular weight is 477 g/mol. The Hall–Kier alpha value is -4.43. The second-order valence-corrected chi connectivity index (χ2v) is 8.16. The highest BCUT2D eigenvalue weighted by Gasteiger charge is 2.17. The molecule has 0 saturated heterocycles. The summed E-state index contributed by atoms with van der Waals surface area (Å²) >= 11 is 1.27. The summed E-state index contributed by atoms with van der Waals surface area (Å²) in [5.41, 5.74) is 1.32. The zero-order valence-electron chi connectivity index (χ0n) is 17.9. The predicted molar refractivity (Wildman–Crippen MR) is 128 cm³/mol. The third-order valence-corrected chi connectivity index (χ3v) is 5.89. The first-order valence-electron chi connectivity index (χ1n) is 10.3. The average Bonchev–Trinajstić information content (AvgIpc) is 3.50. The fraction of sp³-hybridized carbons (Fsp3) is 0.174. The van der Waals surface area contributed by atoms with E-state index >= 15 is 0 Å². The van der Waals surface area contributed by atoms with Crippen molar-refractivity contribution in [2.24, 2.45) is 5.16 Å². The zero-order chi connectivity index (χ0) is 23.9. The summed E-state index contributed by atoms with van der Waals surface area (Å²) in [5, 5.41) is 28.4. The minimum absolute atomic E-state index is 0.181. The first-order valence-corrected chi connectivity index (χ1v) is 11.2. The van der Waals surface area contributed by atoms with Gasteiger partial charge in [-0.3, -0.25) is 9.59 Å². The van der Waals surface area contributed by atoms with Crippen LogP contribution in [0.15, 0.2) is 58.3 Å². The molecule has 3 N–H and O–H groups in total. The molecule has 0 aliphatic carbocycles. The molecule has 3 heterocycles. The SMILES string of the molecule is N#Cc1c(O)c2c(-c3ccc(C=NOCC(=O)NCCCn4ccnc4)cc3)csc2[nH]c1=O. The van der Waals surface area contributed by atoms with Crippen molar-refractivity contribution in [1.82, 2.24) is 19.9 Å². The van der Waals surface area contributed by atoms with Crippen LogP contribution in [0.4, 0.5) is 0 Å². The van der Waals surface area contributed by atoms with Crippen LogP contribution in [-0.4, -0.2) is 44.9 Å². The van der Waals surface area contributed by atoms with Gasteiger partial charge >= 0.3 is 0 Å². The number of nitrogens with zero attached hydrogens (tertiary/aromatic N) is 4. The van der Waals surface area contributed by atoms with Gasteiger partial charge in [-0.05, 0) is 17.5 Å². The van der Waals surface area contributed by atoms with Crippen molar-refractivity contribution in [3.63, 3.8) is 0 Å². The van der Waals surface area contributed by atoms with Gasteiger partial charge in [0.15, 0.2) is 12.2 Å². The van der Waals surface area contributed by atoms with Gasteiger partial charge in [0.2, 0.25) is 0 Å². The smallest absolute Gasteiger partial charge is 0.270 e. The Balaban J connectivity index is 1.30. The second kappa shape index (κ2) is 10.5. The van der Waals surface area contributed by atoms with Gasteiger partial charge < -0.3 is 24.8 Å². The topological polar surface area (TPSA) is 145 Å². The molecule has 0 aliphatic heterocycles. The third-order valence-electron chi connectivity index (χ3n) is 5.00. The number of aromatic amines is 1. The maximum absolute atomic E-state index is 11.9. The quantitative estimate of drug-likeness (QED) is 0.192. The van der Waals surface area contributed by atoms with Crippen LogP contribution >= 0.6 is 11.3 Å². The molecule has 1 aromatic carbocycles.